The quantitative estimate of drug-likeness (QED) is 0.865. The third kappa shape index (κ3) is 2.85. The van der Waals surface area contributed by atoms with E-state index in [1.54, 1.807) is 0 Å². The fraction of sp³-hybridized carbons (Fsp3) is 0.143. The third-order valence-electron chi connectivity index (χ3n) is 2.67. The molecule has 0 spiro atoms. The van der Waals surface area contributed by atoms with Crippen molar-refractivity contribution in [2.45, 2.75) is 13.0 Å². The molecule has 1 atom stereocenters. The molecule has 0 fully saturated rings. The molecule has 1 aromatic heterocycles. The van der Waals surface area contributed by atoms with Crippen LogP contribution in [-0.2, 0) is 0 Å². The van der Waals surface area contributed by atoms with Crippen molar-refractivity contribution in [3.8, 4) is 0 Å². The molecule has 4 heteroatoms. The number of benzene rings is 1. The van der Waals surface area contributed by atoms with Gasteiger partial charge in [0.05, 0.1) is 5.56 Å². The van der Waals surface area contributed by atoms with Crippen LogP contribution in [0.15, 0.2) is 48.7 Å². The van der Waals surface area contributed by atoms with E-state index < -0.39 is 5.97 Å². The highest BCUT2D eigenvalue weighted by Crippen LogP contribution is 2.17. The molecular formula is C14H14N2O2. The van der Waals surface area contributed by atoms with Gasteiger partial charge in [-0.25, -0.2) is 9.78 Å². The average molecular weight is 242 g/mol. The topological polar surface area (TPSA) is 62.2 Å². The van der Waals surface area contributed by atoms with E-state index in [-0.39, 0.29) is 11.6 Å². The van der Waals surface area contributed by atoms with Gasteiger partial charge in [-0.1, -0.05) is 30.3 Å². The summed E-state index contributed by atoms with van der Waals surface area (Å²) in [6.07, 6.45) is 1.49. The van der Waals surface area contributed by atoms with Crippen molar-refractivity contribution in [3.05, 3.63) is 59.8 Å². The van der Waals surface area contributed by atoms with E-state index in [9.17, 15) is 4.79 Å². The van der Waals surface area contributed by atoms with Gasteiger partial charge >= 0.3 is 5.97 Å². The third-order valence-corrected chi connectivity index (χ3v) is 2.67. The van der Waals surface area contributed by atoms with Gasteiger partial charge in [0, 0.05) is 12.2 Å². The molecule has 1 heterocycles. The first kappa shape index (κ1) is 12.1. The number of carbonyl (C=O) groups is 1. The first-order valence-electron chi connectivity index (χ1n) is 5.67. The monoisotopic (exact) mass is 242 g/mol. The number of hydrogen-bond donors (Lipinski definition) is 2. The zero-order valence-corrected chi connectivity index (χ0v) is 10.00. The Bertz CT molecular complexity index is 541. The lowest BCUT2D eigenvalue weighted by atomic mass is 10.1. The van der Waals surface area contributed by atoms with Gasteiger partial charge in [-0.15, -0.1) is 0 Å². The second kappa shape index (κ2) is 5.31. The molecule has 0 aliphatic rings. The van der Waals surface area contributed by atoms with Gasteiger partial charge in [-0.2, -0.15) is 0 Å². The number of nitrogens with zero attached hydrogens (tertiary/aromatic N) is 1. The fourth-order valence-corrected chi connectivity index (χ4v) is 1.69. The van der Waals surface area contributed by atoms with Crippen molar-refractivity contribution in [2.75, 3.05) is 5.32 Å². The van der Waals surface area contributed by atoms with Gasteiger partial charge in [0.25, 0.3) is 0 Å². The molecule has 0 saturated carbocycles. The maximum absolute atomic E-state index is 10.9. The molecule has 0 aliphatic carbocycles. The van der Waals surface area contributed by atoms with Crippen LogP contribution >= 0.6 is 0 Å². The van der Waals surface area contributed by atoms with Crippen LogP contribution in [0.2, 0.25) is 0 Å². The Labute approximate surface area is 105 Å². The van der Waals surface area contributed by atoms with Crippen molar-refractivity contribution in [2.24, 2.45) is 0 Å². The molecule has 2 aromatic rings. The van der Waals surface area contributed by atoms with Gasteiger partial charge in [-0.3, -0.25) is 0 Å². The molecule has 1 aromatic carbocycles. The molecule has 0 saturated heterocycles. The lowest BCUT2D eigenvalue weighted by Crippen LogP contribution is -2.08. The van der Waals surface area contributed by atoms with E-state index in [4.69, 9.17) is 5.11 Å². The Hall–Kier alpha value is -2.36. The number of hydrogen-bond acceptors (Lipinski definition) is 3. The summed E-state index contributed by atoms with van der Waals surface area (Å²) in [4.78, 5) is 15.0. The van der Waals surface area contributed by atoms with Crippen molar-refractivity contribution >= 4 is 11.8 Å². The number of aromatic carboxylic acids is 1. The largest absolute Gasteiger partial charge is 0.478 e. The smallest absolute Gasteiger partial charge is 0.335 e. The van der Waals surface area contributed by atoms with Crippen LogP contribution in [0.5, 0.6) is 0 Å². The Kier molecular flexibility index (Phi) is 3.57. The van der Waals surface area contributed by atoms with Crippen molar-refractivity contribution in [3.63, 3.8) is 0 Å². The molecule has 2 N–H and O–H groups in total. The van der Waals surface area contributed by atoms with Crippen LogP contribution in [0.3, 0.4) is 0 Å². The molecule has 2 rings (SSSR count). The highest BCUT2D eigenvalue weighted by molar-refractivity contribution is 5.88. The lowest BCUT2D eigenvalue weighted by Gasteiger charge is -2.14. The van der Waals surface area contributed by atoms with E-state index >= 15 is 0 Å². The Morgan fingerprint density at radius 3 is 2.67 bits per heavy atom. The summed E-state index contributed by atoms with van der Waals surface area (Å²) in [6, 6.07) is 13.0. The maximum atomic E-state index is 10.9. The van der Waals surface area contributed by atoms with Gasteiger partial charge in [-0.05, 0) is 24.6 Å². The van der Waals surface area contributed by atoms with E-state index in [1.807, 2.05) is 37.3 Å². The zero-order chi connectivity index (χ0) is 13.0. The van der Waals surface area contributed by atoms with Crippen molar-refractivity contribution < 1.29 is 9.90 Å². The van der Waals surface area contributed by atoms with Crippen LogP contribution in [0.1, 0.15) is 28.9 Å². The van der Waals surface area contributed by atoms with Crippen LogP contribution in [-0.4, -0.2) is 16.1 Å². The highest BCUT2D eigenvalue weighted by atomic mass is 16.4. The molecule has 0 unspecified atom stereocenters. The number of carboxylic acid groups (broad SMARTS) is 1. The fourth-order valence-electron chi connectivity index (χ4n) is 1.69. The summed E-state index contributed by atoms with van der Waals surface area (Å²) in [5.74, 6) is -0.390. The maximum Gasteiger partial charge on any atom is 0.335 e. The number of anilines is 1. The van der Waals surface area contributed by atoms with Crippen molar-refractivity contribution in [1.82, 2.24) is 4.98 Å². The van der Waals surface area contributed by atoms with E-state index in [0.29, 0.717) is 5.82 Å². The Morgan fingerprint density at radius 2 is 2.00 bits per heavy atom. The molecular weight excluding hydrogens is 228 g/mol. The minimum absolute atomic E-state index is 0.0720. The average Bonchev–Trinajstić information content (AvgIpc) is 2.40. The molecule has 92 valence electrons. The van der Waals surface area contributed by atoms with Gasteiger partial charge in [0.15, 0.2) is 0 Å². The molecule has 0 bridgehead atoms. The van der Waals surface area contributed by atoms with Gasteiger partial charge in [0.1, 0.15) is 5.82 Å². The summed E-state index contributed by atoms with van der Waals surface area (Å²) in [5.41, 5.74) is 1.35. The number of aromatic nitrogens is 1. The second-order valence-corrected chi connectivity index (χ2v) is 4.01. The van der Waals surface area contributed by atoms with E-state index in [2.05, 4.69) is 10.3 Å². The Balaban J connectivity index is 2.14. The summed E-state index contributed by atoms with van der Waals surface area (Å²) in [5, 5.41) is 12.1. The zero-order valence-electron chi connectivity index (χ0n) is 10.00. The number of rotatable bonds is 4. The normalized spacial score (nSPS) is 11.8. The standard InChI is InChI=1S/C14H14N2O2/c1-10(11-5-3-2-4-6-11)16-13-9-12(14(17)18)7-8-15-13/h2-10H,1H3,(H,15,16)(H,17,18)/t10-/m0/s1. The predicted octanol–water partition coefficient (Wildman–Crippen LogP) is 2.95. The van der Waals surface area contributed by atoms with Crippen LogP contribution in [0.25, 0.3) is 0 Å². The molecule has 0 aliphatic heterocycles. The summed E-state index contributed by atoms with van der Waals surface area (Å²) >= 11 is 0. The van der Waals surface area contributed by atoms with Gasteiger partial charge < -0.3 is 10.4 Å². The highest BCUT2D eigenvalue weighted by Gasteiger charge is 2.08. The van der Waals surface area contributed by atoms with E-state index in [0.717, 1.165) is 5.56 Å². The first-order chi connectivity index (χ1) is 8.66. The van der Waals surface area contributed by atoms with Crippen LogP contribution in [0.4, 0.5) is 5.82 Å². The SMILES string of the molecule is C[C@H](Nc1cc(C(=O)O)ccn1)c1ccccc1. The second-order valence-electron chi connectivity index (χ2n) is 4.01. The summed E-state index contributed by atoms with van der Waals surface area (Å²) < 4.78 is 0. The predicted molar refractivity (Wildman–Crippen MR) is 69.7 cm³/mol. The lowest BCUT2D eigenvalue weighted by molar-refractivity contribution is 0.0697. The number of nitrogens with one attached hydrogen (secondary N) is 1. The summed E-state index contributed by atoms with van der Waals surface area (Å²) in [7, 11) is 0. The van der Waals surface area contributed by atoms with Crippen LogP contribution in [0, 0.1) is 0 Å². The minimum Gasteiger partial charge on any atom is -0.478 e. The molecule has 4 nitrogen and oxygen atoms in total. The van der Waals surface area contributed by atoms with Crippen molar-refractivity contribution in [1.29, 1.82) is 0 Å². The minimum atomic E-state index is -0.951. The molecule has 0 amide bonds. The molecule has 18 heavy (non-hydrogen) atoms. The number of carboxylic acids is 1. The van der Waals surface area contributed by atoms with Crippen LogP contribution < -0.4 is 5.32 Å². The van der Waals surface area contributed by atoms with Gasteiger partial charge in [0.2, 0.25) is 0 Å². The number of pyridine rings is 1. The molecule has 0 radical (unpaired) electrons. The Morgan fingerprint density at radius 1 is 1.28 bits per heavy atom. The summed E-state index contributed by atoms with van der Waals surface area (Å²) in [6.45, 7) is 2.00. The van der Waals surface area contributed by atoms with E-state index in [1.165, 1.54) is 18.3 Å². The first-order valence-corrected chi connectivity index (χ1v) is 5.67.